The SMILES string of the molecule is CCOC(=O)C(C)N1CCN(CCC(C)(C)CC)CC1. The highest BCUT2D eigenvalue weighted by Gasteiger charge is 2.27. The Balaban J connectivity index is 2.31. The first-order valence-corrected chi connectivity index (χ1v) is 8.02. The lowest BCUT2D eigenvalue weighted by molar-refractivity contribution is -0.149. The molecular formula is C16H32N2O2. The average Bonchev–Trinajstić information content (AvgIpc) is 2.45. The fourth-order valence-corrected chi connectivity index (χ4v) is 2.42. The fraction of sp³-hybridized carbons (Fsp3) is 0.938. The third-order valence-corrected chi connectivity index (χ3v) is 4.64. The van der Waals surface area contributed by atoms with Gasteiger partial charge in [0.05, 0.1) is 6.61 Å². The van der Waals surface area contributed by atoms with Crippen molar-refractivity contribution in [2.24, 2.45) is 5.41 Å². The van der Waals surface area contributed by atoms with Gasteiger partial charge in [0, 0.05) is 26.2 Å². The molecule has 0 amide bonds. The van der Waals surface area contributed by atoms with Gasteiger partial charge in [-0.15, -0.1) is 0 Å². The number of carbonyl (C=O) groups excluding carboxylic acids is 1. The summed E-state index contributed by atoms with van der Waals surface area (Å²) in [5, 5.41) is 0. The third kappa shape index (κ3) is 5.41. The maximum Gasteiger partial charge on any atom is 0.323 e. The third-order valence-electron chi connectivity index (χ3n) is 4.64. The van der Waals surface area contributed by atoms with E-state index in [1.165, 1.54) is 19.4 Å². The predicted molar refractivity (Wildman–Crippen MR) is 82.8 cm³/mol. The molecule has 20 heavy (non-hydrogen) atoms. The Labute approximate surface area is 124 Å². The highest BCUT2D eigenvalue weighted by molar-refractivity contribution is 5.75. The van der Waals surface area contributed by atoms with Gasteiger partial charge in [-0.2, -0.15) is 0 Å². The molecule has 1 fully saturated rings. The molecule has 0 radical (unpaired) electrons. The zero-order chi connectivity index (χ0) is 15.2. The van der Waals surface area contributed by atoms with E-state index in [4.69, 9.17) is 4.74 Å². The first-order valence-electron chi connectivity index (χ1n) is 8.02. The molecule has 0 N–H and O–H groups in total. The van der Waals surface area contributed by atoms with Gasteiger partial charge in [0.1, 0.15) is 6.04 Å². The molecule has 0 bridgehead atoms. The van der Waals surface area contributed by atoms with E-state index in [9.17, 15) is 4.79 Å². The van der Waals surface area contributed by atoms with E-state index in [0.29, 0.717) is 12.0 Å². The molecule has 1 saturated heterocycles. The largest absolute Gasteiger partial charge is 0.465 e. The lowest BCUT2D eigenvalue weighted by Crippen LogP contribution is -2.52. The second-order valence-electron chi connectivity index (χ2n) is 6.57. The molecule has 0 saturated carbocycles. The first-order chi connectivity index (χ1) is 9.39. The van der Waals surface area contributed by atoms with E-state index in [2.05, 4.69) is 30.6 Å². The van der Waals surface area contributed by atoms with Gasteiger partial charge in [0.15, 0.2) is 0 Å². The van der Waals surface area contributed by atoms with Gasteiger partial charge in [-0.05, 0) is 32.2 Å². The highest BCUT2D eigenvalue weighted by Crippen LogP contribution is 2.24. The van der Waals surface area contributed by atoms with Crippen molar-refractivity contribution in [3.8, 4) is 0 Å². The molecule has 4 nitrogen and oxygen atoms in total. The van der Waals surface area contributed by atoms with E-state index in [1.807, 2.05) is 13.8 Å². The molecule has 1 rings (SSSR count). The highest BCUT2D eigenvalue weighted by atomic mass is 16.5. The maximum absolute atomic E-state index is 11.7. The topological polar surface area (TPSA) is 32.8 Å². The molecule has 0 aromatic carbocycles. The van der Waals surface area contributed by atoms with Crippen LogP contribution in [0.2, 0.25) is 0 Å². The van der Waals surface area contributed by atoms with E-state index in [0.717, 1.165) is 26.2 Å². The van der Waals surface area contributed by atoms with E-state index >= 15 is 0 Å². The first kappa shape index (κ1) is 17.4. The standard InChI is InChI=1S/C16H32N2O2/c1-6-16(4,5)8-9-17-10-12-18(13-11-17)14(3)15(19)20-7-2/h14H,6-13H2,1-5H3. The molecule has 0 aromatic rings. The average molecular weight is 284 g/mol. The van der Waals surface area contributed by atoms with Crippen LogP contribution in [0.25, 0.3) is 0 Å². The Morgan fingerprint density at radius 1 is 1.20 bits per heavy atom. The Morgan fingerprint density at radius 3 is 2.30 bits per heavy atom. The Bertz CT molecular complexity index is 297. The van der Waals surface area contributed by atoms with Gasteiger partial charge in [0.2, 0.25) is 0 Å². The second-order valence-corrected chi connectivity index (χ2v) is 6.57. The number of piperazine rings is 1. The van der Waals surface area contributed by atoms with Crippen molar-refractivity contribution in [1.82, 2.24) is 9.80 Å². The number of esters is 1. The summed E-state index contributed by atoms with van der Waals surface area (Å²) in [4.78, 5) is 16.5. The second kappa shape index (κ2) is 7.99. The van der Waals surface area contributed by atoms with Gasteiger partial charge in [-0.1, -0.05) is 27.2 Å². The van der Waals surface area contributed by atoms with Crippen LogP contribution < -0.4 is 0 Å². The molecule has 1 aliphatic rings. The van der Waals surface area contributed by atoms with Crippen LogP contribution in [0.1, 0.15) is 47.5 Å². The lowest BCUT2D eigenvalue weighted by Gasteiger charge is -2.38. The van der Waals surface area contributed by atoms with Gasteiger partial charge in [0.25, 0.3) is 0 Å². The Morgan fingerprint density at radius 2 is 1.80 bits per heavy atom. The van der Waals surface area contributed by atoms with E-state index in [1.54, 1.807) is 0 Å². The van der Waals surface area contributed by atoms with Gasteiger partial charge in [-0.25, -0.2) is 0 Å². The molecule has 1 aliphatic heterocycles. The van der Waals surface area contributed by atoms with Crippen molar-refractivity contribution in [1.29, 1.82) is 0 Å². The smallest absolute Gasteiger partial charge is 0.323 e. The normalized spacial score (nSPS) is 19.9. The van der Waals surface area contributed by atoms with Crippen LogP contribution in [-0.4, -0.2) is 61.1 Å². The minimum atomic E-state index is -0.107. The molecular weight excluding hydrogens is 252 g/mol. The van der Waals surface area contributed by atoms with Crippen LogP contribution in [0.15, 0.2) is 0 Å². The van der Waals surface area contributed by atoms with Crippen molar-refractivity contribution in [2.75, 3.05) is 39.3 Å². The number of hydrogen-bond acceptors (Lipinski definition) is 4. The Hall–Kier alpha value is -0.610. The predicted octanol–water partition coefficient (Wildman–Crippen LogP) is 2.38. The lowest BCUT2D eigenvalue weighted by atomic mass is 9.86. The summed E-state index contributed by atoms with van der Waals surface area (Å²) in [5.41, 5.74) is 0.440. The van der Waals surface area contributed by atoms with Crippen molar-refractivity contribution < 1.29 is 9.53 Å². The summed E-state index contributed by atoms with van der Waals surface area (Å²) in [6.45, 7) is 16.4. The van der Waals surface area contributed by atoms with Crippen LogP contribution in [0, 0.1) is 5.41 Å². The van der Waals surface area contributed by atoms with Crippen LogP contribution in [0.3, 0.4) is 0 Å². The van der Waals surface area contributed by atoms with Gasteiger partial charge in [-0.3, -0.25) is 9.69 Å². The summed E-state index contributed by atoms with van der Waals surface area (Å²) in [5.74, 6) is -0.0898. The number of rotatable bonds is 7. The summed E-state index contributed by atoms with van der Waals surface area (Å²) in [6.07, 6.45) is 2.48. The van der Waals surface area contributed by atoms with E-state index < -0.39 is 0 Å². The molecule has 0 spiro atoms. The molecule has 0 aromatic heterocycles. The summed E-state index contributed by atoms with van der Waals surface area (Å²) < 4.78 is 5.10. The van der Waals surface area contributed by atoms with Crippen LogP contribution in [0.5, 0.6) is 0 Å². The minimum absolute atomic E-state index is 0.0898. The number of nitrogens with zero attached hydrogens (tertiary/aromatic N) is 2. The minimum Gasteiger partial charge on any atom is -0.465 e. The van der Waals surface area contributed by atoms with Crippen LogP contribution in [0.4, 0.5) is 0 Å². The molecule has 4 heteroatoms. The van der Waals surface area contributed by atoms with Crippen molar-refractivity contribution in [3.05, 3.63) is 0 Å². The van der Waals surface area contributed by atoms with E-state index in [-0.39, 0.29) is 12.0 Å². The molecule has 0 aliphatic carbocycles. The van der Waals surface area contributed by atoms with Gasteiger partial charge >= 0.3 is 5.97 Å². The van der Waals surface area contributed by atoms with Crippen LogP contribution in [-0.2, 0) is 9.53 Å². The summed E-state index contributed by atoms with van der Waals surface area (Å²) in [6, 6.07) is -0.107. The molecule has 118 valence electrons. The zero-order valence-electron chi connectivity index (χ0n) is 13.9. The van der Waals surface area contributed by atoms with Gasteiger partial charge < -0.3 is 9.64 Å². The van der Waals surface area contributed by atoms with Crippen molar-refractivity contribution >= 4 is 5.97 Å². The fourth-order valence-electron chi connectivity index (χ4n) is 2.42. The maximum atomic E-state index is 11.7. The molecule has 1 heterocycles. The zero-order valence-corrected chi connectivity index (χ0v) is 13.9. The molecule has 1 atom stereocenters. The Kier molecular flexibility index (Phi) is 6.96. The summed E-state index contributed by atoms with van der Waals surface area (Å²) in [7, 11) is 0. The quantitative estimate of drug-likeness (QED) is 0.672. The number of carbonyl (C=O) groups is 1. The monoisotopic (exact) mass is 284 g/mol. The summed E-state index contributed by atoms with van der Waals surface area (Å²) >= 11 is 0. The number of hydrogen-bond donors (Lipinski definition) is 0. The van der Waals surface area contributed by atoms with Crippen molar-refractivity contribution in [2.45, 2.75) is 53.5 Å². The number of ether oxygens (including phenoxy) is 1. The van der Waals surface area contributed by atoms with Crippen LogP contribution >= 0.6 is 0 Å². The van der Waals surface area contributed by atoms with Crippen molar-refractivity contribution in [3.63, 3.8) is 0 Å². The molecule has 1 unspecified atom stereocenters.